The van der Waals surface area contributed by atoms with Gasteiger partial charge in [-0.2, -0.15) is 0 Å². The first-order valence-electron chi connectivity index (χ1n) is 5.80. The molecule has 2 nitrogen and oxygen atoms in total. The molecule has 0 saturated carbocycles. The summed E-state index contributed by atoms with van der Waals surface area (Å²) >= 11 is 0. The van der Waals surface area contributed by atoms with E-state index in [1.165, 1.54) is 17.5 Å². The van der Waals surface area contributed by atoms with Gasteiger partial charge in [-0.3, -0.25) is 0 Å². The highest BCUT2D eigenvalue weighted by molar-refractivity contribution is 5.36. The second-order valence-corrected chi connectivity index (χ2v) is 4.87. The van der Waals surface area contributed by atoms with E-state index in [1.54, 1.807) is 0 Å². The molecule has 1 heterocycles. The quantitative estimate of drug-likeness (QED) is 0.720. The van der Waals surface area contributed by atoms with Crippen LogP contribution in [-0.2, 0) is 12.8 Å². The van der Waals surface area contributed by atoms with Gasteiger partial charge < -0.3 is 10.4 Å². The lowest BCUT2D eigenvalue weighted by Crippen LogP contribution is -2.48. The van der Waals surface area contributed by atoms with Crippen molar-refractivity contribution in [2.24, 2.45) is 0 Å². The van der Waals surface area contributed by atoms with Crippen LogP contribution in [0.3, 0.4) is 0 Å². The summed E-state index contributed by atoms with van der Waals surface area (Å²) in [5.41, 5.74) is 2.13. The average Bonchev–Trinajstić information content (AvgIpc) is 2.83. The summed E-state index contributed by atoms with van der Waals surface area (Å²) in [6.07, 6.45) is 3.95. The van der Waals surface area contributed by atoms with Crippen molar-refractivity contribution in [1.29, 1.82) is 0 Å². The van der Waals surface area contributed by atoms with Gasteiger partial charge in [0.25, 0.3) is 0 Å². The van der Waals surface area contributed by atoms with E-state index in [0.29, 0.717) is 6.04 Å². The predicted octanol–water partition coefficient (Wildman–Crippen LogP) is 1.27. The molecule has 0 amide bonds. The molecule has 0 aromatic heterocycles. The zero-order chi connectivity index (χ0) is 10.3. The fraction of sp³-hybridized carbons (Fsp3) is 0.538. The lowest BCUT2D eigenvalue weighted by atomic mass is 9.90. The van der Waals surface area contributed by atoms with Crippen molar-refractivity contribution in [1.82, 2.24) is 5.32 Å². The van der Waals surface area contributed by atoms with Crippen molar-refractivity contribution >= 4 is 0 Å². The molecule has 1 saturated heterocycles. The molecular formula is C13H17NO. The fourth-order valence-corrected chi connectivity index (χ4v) is 3.01. The van der Waals surface area contributed by atoms with Crippen LogP contribution < -0.4 is 5.32 Å². The maximum Gasteiger partial charge on any atom is 0.0880 e. The third kappa shape index (κ3) is 1.48. The number of hydrogen-bond acceptors (Lipinski definition) is 2. The Bertz CT molecular complexity index is 344. The van der Waals surface area contributed by atoms with Crippen LogP contribution >= 0.6 is 0 Å². The van der Waals surface area contributed by atoms with Gasteiger partial charge in [0.15, 0.2) is 0 Å². The van der Waals surface area contributed by atoms with Crippen molar-refractivity contribution in [2.45, 2.75) is 37.3 Å². The Morgan fingerprint density at radius 2 is 1.87 bits per heavy atom. The third-order valence-corrected chi connectivity index (χ3v) is 3.82. The Hall–Kier alpha value is -0.860. The van der Waals surface area contributed by atoms with E-state index in [0.717, 1.165) is 25.8 Å². The number of fused-ring (bicyclic) bond motifs is 1. The van der Waals surface area contributed by atoms with Gasteiger partial charge in [0.2, 0.25) is 0 Å². The van der Waals surface area contributed by atoms with Crippen LogP contribution in [0.25, 0.3) is 0 Å². The monoisotopic (exact) mass is 203 g/mol. The molecule has 3 rings (SSSR count). The topological polar surface area (TPSA) is 32.3 Å². The van der Waals surface area contributed by atoms with Gasteiger partial charge in [0, 0.05) is 18.9 Å². The largest absolute Gasteiger partial charge is 0.388 e. The zero-order valence-corrected chi connectivity index (χ0v) is 8.87. The molecule has 2 heteroatoms. The number of hydrogen-bond donors (Lipinski definition) is 2. The number of aliphatic hydroxyl groups is 1. The van der Waals surface area contributed by atoms with E-state index in [9.17, 15) is 5.11 Å². The highest BCUT2D eigenvalue weighted by atomic mass is 16.3. The first-order chi connectivity index (χ1) is 7.28. The first-order valence-corrected chi connectivity index (χ1v) is 5.80. The van der Waals surface area contributed by atoms with Crippen LogP contribution in [0.15, 0.2) is 24.3 Å². The minimum Gasteiger partial charge on any atom is -0.388 e. The molecule has 1 fully saturated rings. The molecule has 0 bridgehead atoms. The molecule has 1 aliphatic heterocycles. The smallest absolute Gasteiger partial charge is 0.0880 e. The average molecular weight is 203 g/mol. The molecule has 1 atom stereocenters. The molecule has 0 radical (unpaired) electrons. The minimum absolute atomic E-state index is 0.296. The summed E-state index contributed by atoms with van der Waals surface area (Å²) in [6, 6.07) is 8.70. The SMILES string of the molecule is OC1([C@H]2CCCN2)Cc2ccccc2C1. The molecule has 0 spiro atoms. The van der Waals surface area contributed by atoms with Crippen LogP contribution in [0.4, 0.5) is 0 Å². The maximum absolute atomic E-state index is 10.6. The third-order valence-electron chi connectivity index (χ3n) is 3.82. The van der Waals surface area contributed by atoms with Crippen LogP contribution in [0, 0.1) is 0 Å². The second kappa shape index (κ2) is 3.32. The minimum atomic E-state index is -0.528. The molecule has 80 valence electrons. The van der Waals surface area contributed by atoms with Gasteiger partial charge in [-0.25, -0.2) is 0 Å². The molecular weight excluding hydrogens is 186 g/mol. The fourth-order valence-electron chi connectivity index (χ4n) is 3.01. The highest BCUT2D eigenvalue weighted by Gasteiger charge is 2.42. The lowest BCUT2D eigenvalue weighted by molar-refractivity contribution is 0.0177. The summed E-state index contributed by atoms with van der Waals surface area (Å²) in [7, 11) is 0. The summed E-state index contributed by atoms with van der Waals surface area (Å²) < 4.78 is 0. The Labute approximate surface area is 90.3 Å². The van der Waals surface area contributed by atoms with Crippen LogP contribution in [0.2, 0.25) is 0 Å². The Balaban J connectivity index is 1.87. The standard InChI is InChI=1S/C13H17NO/c15-13(12-6-3-7-14-12)8-10-4-1-2-5-11(10)9-13/h1-2,4-5,12,14-15H,3,6-9H2/t12-/m1/s1. The summed E-state index contributed by atoms with van der Waals surface area (Å²) in [4.78, 5) is 0. The normalized spacial score (nSPS) is 27.9. The molecule has 1 aliphatic carbocycles. The van der Waals surface area contributed by atoms with E-state index in [-0.39, 0.29) is 0 Å². The highest BCUT2D eigenvalue weighted by Crippen LogP contribution is 2.34. The first kappa shape index (κ1) is 9.37. The van der Waals surface area contributed by atoms with Gasteiger partial charge in [-0.05, 0) is 30.5 Å². The molecule has 2 aliphatic rings. The Morgan fingerprint density at radius 3 is 2.40 bits per heavy atom. The van der Waals surface area contributed by atoms with Gasteiger partial charge in [0.1, 0.15) is 0 Å². The van der Waals surface area contributed by atoms with Gasteiger partial charge in [-0.15, -0.1) is 0 Å². The summed E-state index contributed by atoms with van der Waals surface area (Å²) in [5.74, 6) is 0. The maximum atomic E-state index is 10.6. The van der Waals surface area contributed by atoms with Crippen molar-refractivity contribution in [2.75, 3.05) is 6.54 Å². The van der Waals surface area contributed by atoms with Crippen LogP contribution in [-0.4, -0.2) is 23.3 Å². The summed E-state index contributed by atoms with van der Waals surface area (Å²) in [5, 5.41) is 14.1. The second-order valence-electron chi connectivity index (χ2n) is 4.87. The predicted molar refractivity (Wildman–Crippen MR) is 59.8 cm³/mol. The lowest BCUT2D eigenvalue weighted by Gasteiger charge is -2.29. The van der Waals surface area contributed by atoms with Crippen LogP contribution in [0.1, 0.15) is 24.0 Å². The zero-order valence-electron chi connectivity index (χ0n) is 8.87. The van der Waals surface area contributed by atoms with Crippen molar-refractivity contribution in [3.05, 3.63) is 35.4 Å². The van der Waals surface area contributed by atoms with Gasteiger partial charge in [0.05, 0.1) is 5.60 Å². The molecule has 0 unspecified atom stereocenters. The van der Waals surface area contributed by atoms with E-state index in [1.807, 2.05) is 0 Å². The molecule has 1 aromatic carbocycles. The van der Waals surface area contributed by atoms with E-state index in [4.69, 9.17) is 0 Å². The van der Waals surface area contributed by atoms with Crippen molar-refractivity contribution in [3.8, 4) is 0 Å². The number of nitrogens with one attached hydrogen (secondary N) is 1. The molecule has 2 N–H and O–H groups in total. The number of rotatable bonds is 1. The molecule has 15 heavy (non-hydrogen) atoms. The van der Waals surface area contributed by atoms with Crippen molar-refractivity contribution < 1.29 is 5.11 Å². The van der Waals surface area contributed by atoms with Crippen molar-refractivity contribution in [3.63, 3.8) is 0 Å². The van der Waals surface area contributed by atoms with E-state index >= 15 is 0 Å². The Morgan fingerprint density at radius 1 is 1.20 bits per heavy atom. The molecule has 1 aromatic rings. The Kier molecular flexibility index (Phi) is 2.08. The van der Waals surface area contributed by atoms with E-state index in [2.05, 4.69) is 29.6 Å². The van der Waals surface area contributed by atoms with Crippen LogP contribution in [0.5, 0.6) is 0 Å². The van der Waals surface area contributed by atoms with Gasteiger partial charge >= 0.3 is 0 Å². The number of benzene rings is 1. The summed E-state index contributed by atoms with van der Waals surface area (Å²) in [6.45, 7) is 1.06. The van der Waals surface area contributed by atoms with E-state index < -0.39 is 5.60 Å². The van der Waals surface area contributed by atoms with Gasteiger partial charge in [-0.1, -0.05) is 24.3 Å².